The quantitative estimate of drug-likeness (QED) is 0.0376. The highest BCUT2D eigenvalue weighted by Crippen LogP contribution is 2.76. The maximum atomic E-state index is 15.7. The number of carbonyl (C=O) groups excluding carboxylic acids is 4. The van der Waals surface area contributed by atoms with Gasteiger partial charge in [-0.05, 0) is 84.9 Å². The van der Waals surface area contributed by atoms with Crippen molar-refractivity contribution < 1.29 is 133 Å². The van der Waals surface area contributed by atoms with Crippen LogP contribution in [0.4, 0.5) is 0 Å². The molecular weight excluding hydrogens is 1150 g/mol. The molecule has 9 aliphatic rings. The summed E-state index contributed by atoms with van der Waals surface area (Å²) < 4.78 is 66.7. The molecule has 12 N–H and O–H groups in total. The van der Waals surface area contributed by atoms with Crippen molar-refractivity contribution in [2.45, 2.75) is 262 Å². The van der Waals surface area contributed by atoms with E-state index in [1.807, 2.05) is 13.8 Å². The number of rotatable bonds is 15. The zero-order valence-electron chi connectivity index (χ0n) is 51.4. The molecule has 30 atom stereocenters. The average Bonchev–Trinajstić information content (AvgIpc) is 0.809. The molecule has 30 unspecified atom stereocenters. The largest absolute Gasteiger partial charge is 0.459 e. The smallest absolute Gasteiger partial charge is 0.303 e. The molecule has 4 saturated carbocycles. The highest BCUT2D eigenvalue weighted by Gasteiger charge is 2.74. The first-order valence-corrected chi connectivity index (χ1v) is 30.5. The normalized spacial score (nSPS) is 50.2. The van der Waals surface area contributed by atoms with Crippen LogP contribution < -0.4 is 0 Å². The topological polar surface area (TPSA) is 413 Å². The van der Waals surface area contributed by atoms with Crippen LogP contribution >= 0.6 is 0 Å². The number of fused-ring (bicyclic) bond motifs is 7. The fourth-order valence-electron chi connectivity index (χ4n) is 17.6. The van der Waals surface area contributed by atoms with Gasteiger partial charge in [0.2, 0.25) is 0 Å². The molecule has 0 bridgehead atoms. The average molecular weight is 1250 g/mol. The minimum atomic E-state index is -1.97. The predicted molar refractivity (Wildman–Crippen MR) is 293 cm³/mol. The van der Waals surface area contributed by atoms with E-state index in [0.29, 0.717) is 32.1 Å². The third-order valence-corrected chi connectivity index (χ3v) is 22.3. The number of ether oxygens (including phenoxy) is 11. The van der Waals surface area contributed by atoms with E-state index < -0.39 is 224 Å². The lowest BCUT2D eigenvalue weighted by molar-refractivity contribution is -0.398. The van der Waals surface area contributed by atoms with Crippen molar-refractivity contribution in [3.05, 3.63) is 11.6 Å². The molecule has 0 spiro atoms. The summed E-state index contributed by atoms with van der Waals surface area (Å²) in [6, 6.07) is 0. The number of aliphatic hydroxyl groups is 12. The van der Waals surface area contributed by atoms with Gasteiger partial charge in [-0.3, -0.25) is 19.2 Å². The first-order valence-electron chi connectivity index (χ1n) is 30.5. The van der Waals surface area contributed by atoms with E-state index in [0.717, 1.165) is 19.4 Å². The van der Waals surface area contributed by atoms with Crippen LogP contribution in [0.25, 0.3) is 0 Å². The van der Waals surface area contributed by atoms with E-state index in [1.54, 1.807) is 6.92 Å². The van der Waals surface area contributed by atoms with Gasteiger partial charge in [-0.2, -0.15) is 0 Å². The zero-order valence-corrected chi connectivity index (χ0v) is 51.4. The molecular formula is C60H94O27. The maximum absolute atomic E-state index is 15.7. The van der Waals surface area contributed by atoms with Gasteiger partial charge in [-0.25, -0.2) is 0 Å². The Labute approximate surface area is 505 Å². The number of aliphatic hydroxyl groups excluding tert-OH is 12. The molecule has 4 saturated heterocycles. The van der Waals surface area contributed by atoms with Crippen molar-refractivity contribution in [3.8, 4) is 0 Å². The highest BCUT2D eigenvalue weighted by atomic mass is 16.8. The molecule has 27 heteroatoms. The van der Waals surface area contributed by atoms with Crippen LogP contribution in [0.1, 0.15) is 121 Å². The third-order valence-electron chi connectivity index (χ3n) is 22.3. The van der Waals surface area contributed by atoms with Crippen LogP contribution in [0.5, 0.6) is 0 Å². The summed E-state index contributed by atoms with van der Waals surface area (Å²) in [6.45, 7) is 16.5. The molecule has 0 aromatic rings. The van der Waals surface area contributed by atoms with Gasteiger partial charge in [0.05, 0.1) is 44.1 Å². The van der Waals surface area contributed by atoms with Crippen molar-refractivity contribution >= 4 is 23.7 Å². The Morgan fingerprint density at radius 1 is 0.552 bits per heavy atom. The lowest BCUT2D eigenvalue weighted by Gasteiger charge is -2.71. The Balaban J connectivity index is 0.984. The molecule has 0 aromatic heterocycles. The molecule has 496 valence electrons. The Kier molecular flexibility index (Phi) is 19.8. The van der Waals surface area contributed by atoms with E-state index >= 15 is 4.79 Å². The minimum absolute atomic E-state index is 0.0277. The Morgan fingerprint density at radius 3 is 1.60 bits per heavy atom. The van der Waals surface area contributed by atoms with E-state index in [9.17, 15) is 75.7 Å². The van der Waals surface area contributed by atoms with Crippen LogP contribution in [0.2, 0.25) is 0 Å². The van der Waals surface area contributed by atoms with Gasteiger partial charge in [0.1, 0.15) is 97.3 Å². The maximum Gasteiger partial charge on any atom is 0.303 e. The Morgan fingerprint density at radius 2 is 1.06 bits per heavy atom. The van der Waals surface area contributed by atoms with Crippen molar-refractivity contribution in [3.63, 3.8) is 0 Å². The van der Waals surface area contributed by atoms with E-state index in [-0.39, 0.29) is 30.5 Å². The number of ketones is 1. The van der Waals surface area contributed by atoms with Crippen molar-refractivity contribution in [2.24, 2.45) is 50.2 Å². The summed E-state index contributed by atoms with van der Waals surface area (Å²) in [5.41, 5.74) is -4.13. The number of allylic oxidation sites excluding steroid dienone is 2. The summed E-state index contributed by atoms with van der Waals surface area (Å²) in [6.07, 6.45) is -31.1. The van der Waals surface area contributed by atoms with Gasteiger partial charge < -0.3 is 113 Å². The summed E-state index contributed by atoms with van der Waals surface area (Å²) in [5, 5.41) is 131. The number of Topliss-reactive ketones (excluding diaryl/α,β-unsaturated/α-hetero) is 1. The van der Waals surface area contributed by atoms with E-state index in [2.05, 4.69) is 40.7 Å². The monoisotopic (exact) mass is 1250 g/mol. The molecule has 27 nitrogen and oxygen atoms in total. The lowest BCUT2D eigenvalue weighted by atomic mass is 9.33. The molecule has 0 radical (unpaired) electrons. The number of hydrogen-bond acceptors (Lipinski definition) is 27. The molecule has 4 aliphatic heterocycles. The van der Waals surface area contributed by atoms with Crippen LogP contribution in [0.15, 0.2) is 11.6 Å². The van der Waals surface area contributed by atoms with Crippen molar-refractivity contribution in [1.82, 2.24) is 0 Å². The summed E-state index contributed by atoms with van der Waals surface area (Å²) in [4.78, 5) is 53.5. The zero-order chi connectivity index (χ0) is 64.2. The first kappa shape index (κ1) is 68.4. The second-order valence-corrected chi connectivity index (χ2v) is 28.1. The van der Waals surface area contributed by atoms with Gasteiger partial charge >= 0.3 is 17.9 Å². The predicted octanol–water partition coefficient (Wildman–Crippen LogP) is -1.70. The van der Waals surface area contributed by atoms with Crippen molar-refractivity contribution in [2.75, 3.05) is 26.4 Å². The molecule has 4 heterocycles. The van der Waals surface area contributed by atoms with Gasteiger partial charge in [0.15, 0.2) is 37.4 Å². The number of esters is 3. The van der Waals surface area contributed by atoms with Crippen LogP contribution in [-0.2, 0) is 71.3 Å². The molecule has 8 fully saturated rings. The van der Waals surface area contributed by atoms with Gasteiger partial charge in [0, 0.05) is 32.6 Å². The van der Waals surface area contributed by atoms with E-state index in [1.165, 1.54) is 6.92 Å². The van der Waals surface area contributed by atoms with Gasteiger partial charge in [0.25, 0.3) is 0 Å². The van der Waals surface area contributed by atoms with Gasteiger partial charge in [-0.15, -0.1) is 0 Å². The second-order valence-electron chi connectivity index (χ2n) is 28.1. The first-order chi connectivity index (χ1) is 40.6. The SMILES string of the molecule is CC(=O)OC1C(C)OC(OC2C(OC(C)=O)C3(CO)C(=O)CC4(C)C(=CCC5C6(C)CCC(OC7OC(CO)C(O)C(O)C7OC7OC(CO)C(O)C(O)C7OC7OC(CO)C(O)C(O)C7O)C(C)(C)C6CCC54C)C3CC2(C)C)C(O)C1OC(C)=O. The second kappa shape index (κ2) is 25.1. The molecule has 87 heavy (non-hydrogen) atoms. The fraction of sp³-hybridized carbons (Fsp3) is 0.900. The minimum Gasteiger partial charge on any atom is -0.459 e. The summed E-state index contributed by atoms with van der Waals surface area (Å²) in [5.74, 6) is -3.30. The van der Waals surface area contributed by atoms with Crippen LogP contribution in [-0.4, -0.2) is 253 Å². The third kappa shape index (κ3) is 11.5. The van der Waals surface area contributed by atoms with Crippen molar-refractivity contribution in [1.29, 1.82) is 0 Å². The summed E-state index contributed by atoms with van der Waals surface area (Å²) in [7, 11) is 0. The highest BCUT2D eigenvalue weighted by molar-refractivity contribution is 5.90. The molecule has 0 aromatic carbocycles. The molecule has 0 amide bonds. The standard InChI is InChI=1S/C60H94O27/c1-24-45(78-25(2)65)46(79-26(3)66)44(76)52(77-24)87-49-50(80-27(4)67)60(23-64)29(18-55(49,5)6)28-12-13-34-57(9)16-15-36(56(7,8)33(57)14-17-58(34,10)59(28,11)19-35(60)68)84-53-47(41(73)38(70)31(21-62)82-53)86-54-48(42(74)39(71)32(22-63)83-54)85-51-43(75)40(72)37(69)30(20-61)81-51/h12,24,29-34,36-54,61-64,69-76H,13-23H2,1-11H3. The van der Waals surface area contributed by atoms with Crippen LogP contribution in [0, 0.1) is 50.2 Å². The number of carbonyl (C=O) groups is 4. The molecule has 5 aliphatic carbocycles. The Bertz CT molecular complexity index is 2530. The Hall–Kier alpha value is -2.98. The fourth-order valence-corrected chi connectivity index (χ4v) is 17.6. The van der Waals surface area contributed by atoms with Gasteiger partial charge in [-0.1, -0.05) is 60.1 Å². The number of hydrogen-bond donors (Lipinski definition) is 12. The summed E-state index contributed by atoms with van der Waals surface area (Å²) >= 11 is 0. The lowest BCUT2D eigenvalue weighted by Crippen LogP contribution is -2.72. The van der Waals surface area contributed by atoms with Crippen LogP contribution in [0.3, 0.4) is 0 Å². The van der Waals surface area contributed by atoms with E-state index in [4.69, 9.17) is 52.1 Å². The molecule has 9 rings (SSSR count).